The van der Waals surface area contributed by atoms with Crippen LogP contribution >= 0.6 is 0 Å². The van der Waals surface area contributed by atoms with Crippen molar-refractivity contribution in [3.05, 3.63) is 23.3 Å². The van der Waals surface area contributed by atoms with Gasteiger partial charge in [0.05, 0.1) is 11.4 Å². The molecule has 0 amide bonds. The van der Waals surface area contributed by atoms with Crippen molar-refractivity contribution in [1.82, 2.24) is 4.31 Å². The highest BCUT2D eigenvalue weighted by Crippen LogP contribution is 2.33. The first kappa shape index (κ1) is 14.9. The molecule has 1 saturated carbocycles. The highest BCUT2D eigenvalue weighted by molar-refractivity contribution is 7.89. The van der Waals surface area contributed by atoms with E-state index in [2.05, 4.69) is 5.92 Å². The Hall–Kier alpha value is -1.51. The Morgan fingerprint density at radius 1 is 1.40 bits per heavy atom. The van der Waals surface area contributed by atoms with Crippen molar-refractivity contribution in [3.63, 3.8) is 0 Å². The molecule has 0 atom stereocenters. The zero-order valence-corrected chi connectivity index (χ0v) is 12.7. The number of aryl methyl sites for hydroxylation is 1. The predicted octanol–water partition coefficient (Wildman–Crippen LogP) is 1.92. The van der Waals surface area contributed by atoms with E-state index in [-0.39, 0.29) is 6.54 Å². The molecule has 1 fully saturated rings. The molecule has 1 aliphatic rings. The number of benzene rings is 1. The molecule has 0 unspecified atom stereocenters. The van der Waals surface area contributed by atoms with Crippen LogP contribution in [-0.2, 0) is 10.0 Å². The Kier molecular flexibility index (Phi) is 4.07. The van der Waals surface area contributed by atoms with E-state index in [0.717, 1.165) is 12.8 Å². The van der Waals surface area contributed by atoms with Crippen LogP contribution in [0.3, 0.4) is 0 Å². The number of anilines is 1. The lowest BCUT2D eigenvalue weighted by Crippen LogP contribution is -2.34. The van der Waals surface area contributed by atoms with Gasteiger partial charge >= 0.3 is 0 Å². The van der Waals surface area contributed by atoms with Crippen LogP contribution < -0.4 is 5.73 Å². The van der Waals surface area contributed by atoms with Gasteiger partial charge in [0.25, 0.3) is 0 Å². The van der Waals surface area contributed by atoms with E-state index in [1.807, 2.05) is 0 Å². The van der Waals surface area contributed by atoms with E-state index in [1.165, 1.54) is 4.31 Å². The standard InChI is InChI=1S/C15H20N2O2S/c1-4-9-17(10-13-6-7-13)20(18,19)15-11(2)5-8-14(16)12(15)3/h1,5,8,13H,6-7,9-10,16H2,2-3H3. The average Bonchev–Trinajstić information content (AvgIpc) is 3.17. The highest BCUT2D eigenvalue weighted by atomic mass is 32.2. The summed E-state index contributed by atoms with van der Waals surface area (Å²) in [4.78, 5) is 0.299. The van der Waals surface area contributed by atoms with E-state index >= 15 is 0 Å². The number of rotatable bonds is 5. The second-order valence-electron chi connectivity index (χ2n) is 5.37. The molecular formula is C15H20N2O2S. The van der Waals surface area contributed by atoms with Gasteiger partial charge in [-0.2, -0.15) is 4.31 Å². The Balaban J connectivity index is 2.47. The van der Waals surface area contributed by atoms with Gasteiger partial charge in [0.1, 0.15) is 0 Å². The molecule has 1 aliphatic carbocycles. The van der Waals surface area contributed by atoms with Gasteiger partial charge in [-0.3, -0.25) is 0 Å². The molecule has 0 saturated heterocycles. The first-order valence-corrected chi connectivity index (χ1v) is 8.11. The molecule has 2 N–H and O–H groups in total. The summed E-state index contributed by atoms with van der Waals surface area (Å²) in [5, 5.41) is 0. The van der Waals surface area contributed by atoms with Crippen LogP contribution in [0, 0.1) is 32.1 Å². The molecule has 2 rings (SSSR count). The summed E-state index contributed by atoms with van der Waals surface area (Å²) < 4.78 is 27.1. The summed E-state index contributed by atoms with van der Waals surface area (Å²) in [6.45, 7) is 4.12. The summed E-state index contributed by atoms with van der Waals surface area (Å²) in [5.74, 6) is 2.89. The van der Waals surface area contributed by atoms with Crippen LogP contribution in [0.4, 0.5) is 5.69 Å². The van der Waals surface area contributed by atoms with Crippen molar-refractivity contribution in [2.75, 3.05) is 18.8 Å². The largest absolute Gasteiger partial charge is 0.398 e. The zero-order chi connectivity index (χ0) is 14.9. The summed E-state index contributed by atoms with van der Waals surface area (Å²) in [7, 11) is -3.59. The quantitative estimate of drug-likeness (QED) is 0.666. The van der Waals surface area contributed by atoms with Crippen molar-refractivity contribution in [2.45, 2.75) is 31.6 Å². The van der Waals surface area contributed by atoms with Crippen LogP contribution in [0.5, 0.6) is 0 Å². The second kappa shape index (κ2) is 5.47. The minimum absolute atomic E-state index is 0.104. The maximum Gasteiger partial charge on any atom is 0.244 e. The van der Waals surface area contributed by atoms with Gasteiger partial charge in [-0.15, -0.1) is 6.42 Å². The topological polar surface area (TPSA) is 63.4 Å². The third kappa shape index (κ3) is 2.82. The normalized spacial score (nSPS) is 15.3. The first-order valence-electron chi connectivity index (χ1n) is 6.67. The Labute approximate surface area is 121 Å². The SMILES string of the molecule is C#CCN(CC1CC1)S(=O)(=O)c1c(C)ccc(N)c1C. The molecule has 0 heterocycles. The van der Waals surface area contributed by atoms with E-state index < -0.39 is 10.0 Å². The molecule has 1 aromatic carbocycles. The monoisotopic (exact) mass is 292 g/mol. The molecule has 0 aromatic heterocycles. The molecule has 5 heteroatoms. The fourth-order valence-electron chi connectivity index (χ4n) is 2.31. The number of hydrogen-bond donors (Lipinski definition) is 1. The number of hydrogen-bond acceptors (Lipinski definition) is 3. The first-order chi connectivity index (χ1) is 9.37. The minimum atomic E-state index is -3.59. The van der Waals surface area contributed by atoms with E-state index in [9.17, 15) is 8.42 Å². The molecule has 0 aliphatic heterocycles. The minimum Gasteiger partial charge on any atom is -0.398 e. The van der Waals surface area contributed by atoms with Gasteiger partial charge in [0.2, 0.25) is 10.0 Å². The summed E-state index contributed by atoms with van der Waals surface area (Å²) >= 11 is 0. The van der Waals surface area contributed by atoms with Gasteiger partial charge in [-0.25, -0.2) is 8.42 Å². The molecule has 20 heavy (non-hydrogen) atoms. The molecule has 1 aromatic rings. The number of nitrogen functional groups attached to an aromatic ring is 1. The lowest BCUT2D eigenvalue weighted by molar-refractivity contribution is 0.429. The second-order valence-corrected chi connectivity index (χ2v) is 7.25. The average molecular weight is 292 g/mol. The van der Waals surface area contributed by atoms with Crippen molar-refractivity contribution < 1.29 is 8.42 Å². The van der Waals surface area contributed by atoms with E-state index in [0.29, 0.717) is 34.2 Å². The fraction of sp³-hybridized carbons (Fsp3) is 0.467. The van der Waals surface area contributed by atoms with Crippen LogP contribution in [-0.4, -0.2) is 25.8 Å². The van der Waals surface area contributed by atoms with Crippen LogP contribution in [0.1, 0.15) is 24.0 Å². The van der Waals surface area contributed by atoms with Gasteiger partial charge < -0.3 is 5.73 Å². The van der Waals surface area contributed by atoms with Gasteiger partial charge in [0.15, 0.2) is 0 Å². The summed E-state index contributed by atoms with van der Waals surface area (Å²) in [6, 6.07) is 3.47. The van der Waals surface area contributed by atoms with Crippen molar-refractivity contribution in [1.29, 1.82) is 0 Å². The highest BCUT2D eigenvalue weighted by Gasteiger charge is 2.33. The van der Waals surface area contributed by atoms with Crippen LogP contribution in [0.15, 0.2) is 17.0 Å². The summed E-state index contributed by atoms with van der Waals surface area (Å²) in [5.41, 5.74) is 7.64. The molecule has 0 spiro atoms. The van der Waals surface area contributed by atoms with Gasteiger partial charge in [0, 0.05) is 12.2 Å². The lowest BCUT2D eigenvalue weighted by Gasteiger charge is -2.22. The zero-order valence-electron chi connectivity index (χ0n) is 11.9. The van der Waals surface area contributed by atoms with Crippen molar-refractivity contribution in [2.24, 2.45) is 5.92 Å². The van der Waals surface area contributed by atoms with Crippen LogP contribution in [0.2, 0.25) is 0 Å². The number of nitrogens with zero attached hydrogens (tertiary/aromatic N) is 1. The predicted molar refractivity (Wildman–Crippen MR) is 80.6 cm³/mol. The third-order valence-corrected chi connectivity index (χ3v) is 5.77. The fourth-order valence-corrected chi connectivity index (χ4v) is 4.20. The molecule has 0 bridgehead atoms. The number of nitrogens with two attached hydrogens (primary N) is 1. The Bertz CT molecular complexity index is 655. The molecule has 108 valence electrons. The third-order valence-electron chi connectivity index (χ3n) is 3.67. The lowest BCUT2D eigenvalue weighted by atomic mass is 10.1. The van der Waals surface area contributed by atoms with E-state index in [4.69, 9.17) is 12.2 Å². The van der Waals surface area contributed by atoms with Crippen molar-refractivity contribution in [3.8, 4) is 12.3 Å². The summed E-state index contributed by atoms with van der Waals surface area (Å²) in [6.07, 6.45) is 7.48. The smallest absolute Gasteiger partial charge is 0.244 e. The van der Waals surface area contributed by atoms with E-state index in [1.54, 1.807) is 26.0 Å². The number of terminal acetylenes is 1. The van der Waals surface area contributed by atoms with Crippen molar-refractivity contribution >= 4 is 15.7 Å². The van der Waals surface area contributed by atoms with Gasteiger partial charge in [-0.1, -0.05) is 12.0 Å². The molecular weight excluding hydrogens is 272 g/mol. The number of sulfonamides is 1. The molecule has 4 nitrogen and oxygen atoms in total. The van der Waals surface area contributed by atoms with Gasteiger partial charge in [-0.05, 0) is 49.8 Å². The molecule has 0 radical (unpaired) electrons. The van der Waals surface area contributed by atoms with Crippen LogP contribution in [0.25, 0.3) is 0 Å². The Morgan fingerprint density at radius 3 is 2.60 bits per heavy atom. The maximum absolute atomic E-state index is 12.9. The Morgan fingerprint density at radius 2 is 2.05 bits per heavy atom. The maximum atomic E-state index is 12.9.